The molecule has 0 radical (unpaired) electrons. The van der Waals surface area contributed by atoms with Gasteiger partial charge in [0.15, 0.2) is 0 Å². The van der Waals surface area contributed by atoms with Crippen LogP contribution in [0, 0.1) is 0 Å². The molecule has 1 aliphatic heterocycles. The number of hydrogen-bond acceptors (Lipinski definition) is 3. The minimum atomic E-state index is -3.12. The molecule has 0 amide bonds. The highest BCUT2D eigenvalue weighted by Crippen LogP contribution is 2.07. The van der Waals surface area contributed by atoms with Crippen LogP contribution in [0.4, 0.5) is 0 Å². The summed E-state index contributed by atoms with van der Waals surface area (Å²) in [5, 5.41) is 0. The van der Waals surface area contributed by atoms with Crippen molar-refractivity contribution in [2.24, 2.45) is 0 Å². The second-order valence-electron chi connectivity index (χ2n) is 2.39. The van der Waals surface area contributed by atoms with E-state index in [4.69, 9.17) is 0 Å². The van der Waals surface area contributed by atoms with Crippen LogP contribution in [0.5, 0.6) is 0 Å². The molecule has 0 saturated carbocycles. The third-order valence-corrected chi connectivity index (χ3v) is 2.71. The van der Waals surface area contributed by atoms with Crippen LogP contribution in [0.25, 0.3) is 0 Å². The summed E-state index contributed by atoms with van der Waals surface area (Å²) < 4.78 is 22.7. The van der Waals surface area contributed by atoms with E-state index in [1.807, 2.05) is 0 Å². The van der Waals surface area contributed by atoms with Crippen LogP contribution in [0.3, 0.4) is 0 Å². The number of nitrogens with zero attached hydrogens (tertiary/aromatic N) is 1. The van der Waals surface area contributed by atoms with Gasteiger partial charge in [0.2, 0.25) is 10.0 Å². The molecule has 0 aliphatic carbocycles. The maximum Gasteiger partial charge on any atom is 0.211 e. The minimum Gasteiger partial charge on any atom is -0.298 e. The van der Waals surface area contributed by atoms with Gasteiger partial charge in [-0.2, -0.15) is 4.31 Å². The fraction of sp³-hybridized carbons (Fsp3) is 0.800. The molecule has 0 atom stereocenters. The summed E-state index contributed by atoms with van der Waals surface area (Å²) in [6.07, 6.45) is 1.48. The maximum atomic E-state index is 10.8. The van der Waals surface area contributed by atoms with E-state index in [0.717, 1.165) is 6.26 Å². The van der Waals surface area contributed by atoms with Gasteiger partial charge in [0.25, 0.3) is 0 Å². The molecule has 4 nitrogen and oxygen atoms in total. The quantitative estimate of drug-likeness (QED) is 0.509. The fourth-order valence-corrected chi connectivity index (χ4v) is 1.69. The van der Waals surface area contributed by atoms with Crippen LogP contribution in [0.2, 0.25) is 0 Å². The zero-order chi connectivity index (χ0) is 7.78. The number of hydrogen-bond donors (Lipinski definition) is 0. The minimum absolute atomic E-state index is 0.00502. The molecule has 1 fully saturated rings. The highest BCUT2D eigenvalue weighted by molar-refractivity contribution is 7.88. The third-order valence-electron chi connectivity index (χ3n) is 1.46. The summed E-state index contributed by atoms with van der Waals surface area (Å²) in [5.41, 5.74) is 0. The molecule has 0 bridgehead atoms. The molecule has 0 aromatic carbocycles. The van der Waals surface area contributed by atoms with Crippen molar-refractivity contribution < 1.29 is 13.2 Å². The molecule has 0 spiro atoms. The van der Waals surface area contributed by atoms with E-state index in [1.54, 1.807) is 0 Å². The van der Waals surface area contributed by atoms with Gasteiger partial charge >= 0.3 is 0 Å². The van der Waals surface area contributed by atoms with Crippen molar-refractivity contribution in [3.05, 3.63) is 0 Å². The topological polar surface area (TPSA) is 54.5 Å². The summed E-state index contributed by atoms with van der Waals surface area (Å²) in [6.45, 7) is 0.427. The van der Waals surface area contributed by atoms with Gasteiger partial charge in [-0.15, -0.1) is 0 Å². The van der Waals surface area contributed by atoms with E-state index in [2.05, 4.69) is 0 Å². The van der Waals surface area contributed by atoms with Gasteiger partial charge in [0.05, 0.1) is 12.8 Å². The van der Waals surface area contributed by atoms with E-state index in [-0.39, 0.29) is 12.3 Å². The summed E-state index contributed by atoms with van der Waals surface area (Å²) in [5.74, 6) is 0.00502. The third kappa shape index (κ3) is 1.54. The molecular weight excluding hydrogens is 154 g/mol. The second kappa shape index (κ2) is 2.32. The standard InChI is InChI=1S/C5H9NO3S/c1-10(8,9)6-3-2-5(7)4-6/h2-4H2,1H3. The van der Waals surface area contributed by atoms with Gasteiger partial charge in [-0.1, -0.05) is 0 Å². The lowest BCUT2D eigenvalue weighted by Gasteiger charge is -2.08. The van der Waals surface area contributed by atoms with Crippen LogP contribution in [0.1, 0.15) is 6.42 Å². The molecule has 1 rings (SSSR count). The van der Waals surface area contributed by atoms with Gasteiger partial charge in [-0.05, 0) is 0 Å². The predicted octanol–water partition coefficient (Wildman–Crippen LogP) is -0.779. The van der Waals surface area contributed by atoms with E-state index >= 15 is 0 Å². The van der Waals surface area contributed by atoms with Crippen molar-refractivity contribution >= 4 is 15.8 Å². The zero-order valence-electron chi connectivity index (χ0n) is 5.70. The van der Waals surface area contributed by atoms with E-state index in [9.17, 15) is 13.2 Å². The van der Waals surface area contributed by atoms with Crippen LogP contribution in [-0.2, 0) is 14.8 Å². The molecular formula is C5H9NO3S. The Balaban J connectivity index is 2.71. The number of rotatable bonds is 1. The van der Waals surface area contributed by atoms with Gasteiger partial charge in [0.1, 0.15) is 5.78 Å². The summed E-state index contributed by atoms with van der Waals surface area (Å²) >= 11 is 0. The van der Waals surface area contributed by atoms with Crippen molar-refractivity contribution in [1.29, 1.82) is 0 Å². The molecule has 58 valence electrons. The van der Waals surface area contributed by atoms with E-state index in [0.29, 0.717) is 13.0 Å². The Morgan fingerprint density at radius 3 is 2.30 bits per heavy atom. The SMILES string of the molecule is CS(=O)(=O)N1CCC(=O)C1. The van der Waals surface area contributed by atoms with Gasteiger partial charge in [-0.3, -0.25) is 4.79 Å². The van der Waals surface area contributed by atoms with E-state index in [1.165, 1.54) is 4.31 Å². The highest BCUT2D eigenvalue weighted by atomic mass is 32.2. The Bertz CT molecular complexity index is 244. The zero-order valence-corrected chi connectivity index (χ0v) is 6.52. The Kier molecular flexibility index (Phi) is 1.78. The van der Waals surface area contributed by atoms with E-state index < -0.39 is 10.0 Å². The monoisotopic (exact) mass is 163 g/mol. The second-order valence-corrected chi connectivity index (χ2v) is 4.37. The Morgan fingerprint density at radius 1 is 1.50 bits per heavy atom. The van der Waals surface area contributed by atoms with Crippen LogP contribution in [-0.4, -0.2) is 37.9 Å². The smallest absolute Gasteiger partial charge is 0.211 e. The average Bonchev–Trinajstić information content (AvgIpc) is 2.11. The fourth-order valence-electron chi connectivity index (χ4n) is 0.887. The maximum absolute atomic E-state index is 10.8. The van der Waals surface area contributed by atoms with Gasteiger partial charge in [-0.25, -0.2) is 8.42 Å². The van der Waals surface area contributed by atoms with Gasteiger partial charge < -0.3 is 0 Å². The lowest BCUT2D eigenvalue weighted by atomic mass is 10.4. The summed E-state index contributed by atoms with van der Waals surface area (Å²) in [7, 11) is -3.12. The van der Waals surface area contributed by atoms with Crippen molar-refractivity contribution in [2.75, 3.05) is 19.3 Å². The molecule has 1 aliphatic rings. The van der Waals surface area contributed by atoms with Crippen molar-refractivity contribution in [3.8, 4) is 0 Å². The lowest BCUT2D eigenvalue weighted by molar-refractivity contribution is -0.116. The first-order chi connectivity index (χ1) is 4.50. The first-order valence-corrected chi connectivity index (χ1v) is 4.82. The number of sulfonamides is 1. The molecule has 0 N–H and O–H groups in total. The van der Waals surface area contributed by atoms with Crippen molar-refractivity contribution in [1.82, 2.24) is 4.31 Å². The molecule has 0 aromatic rings. The van der Waals surface area contributed by atoms with Crippen LogP contribution >= 0.6 is 0 Å². The molecule has 0 aromatic heterocycles. The Hall–Kier alpha value is -0.420. The van der Waals surface area contributed by atoms with Crippen LogP contribution in [0.15, 0.2) is 0 Å². The predicted molar refractivity (Wildman–Crippen MR) is 36.0 cm³/mol. The molecule has 5 heteroatoms. The van der Waals surface area contributed by atoms with Crippen molar-refractivity contribution in [2.45, 2.75) is 6.42 Å². The first-order valence-electron chi connectivity index (χ1n) is 2.97. The largest absolute Gasteiger partial charge is 0.298 e. The van der Waals surface area contributed by atoms with Crippen LogP contribution < -0.4 is 0 Å². The Morgan fingerprint density at radius 2 is 2.10 bits per heavy atom. The number of ketones is 1. The Labute approximate surface area is 59.9 Å². The lowest BCUT2D eigenvalue weighted by Crippen LogP contribution is -2.27. The normalized spacial score (nSPS) is 21.9. The number of Topliss-reactive ketones (excluding diaryl/α,β-unsaturated/α-hetero) is 1. The highest BCUT2D eigenvalue weighted by Gasteiger charge is 2.25. The average molecular weight is 163 g/mol. The summed E-state index contributed by atoms with van der Waals surface area (Å²) in [4.78, 5) is 10.6. The molecule has 10 heavy (non-hydrogen) atoms. The number of carbonyl (C=O) groups excluding carboxylic acids is 1. The molecule has 1 heterocycles. The first kappa shape index (κ1) is 7.68. The summed E-state index contributed by atoms with van der Waals surface area (Å²) in [6, 6.07) is 0. The molecule has 1 saturated heterocycles. The van der Waals surface area contributed by atoms with Gasteiger partial charge in [0, 0.05) is 13.0 Å². The number of carbonyl (C=O) groups is 1. The molecule has 0 unspecified atom stereocenters. The van der Waals surface area contributed by atoms with Crippen molar-refractivity contribution in [3.63, 3.8) is 0 Å².